The van der Waals surface area contributed by atoms with Crippen molar-refractivity contribution in [2.75, 3.05) is 6.61 Å². The second-order valence-electron chi connectivity index (χ2n) is 5.55. The number of aromatic carboxylic acids is 1. The Morgan fingerprint density at radius 2 is 2.25 bits per heavy atom. The second kappa shape index (κ2) is 6.60. The van der Waals surface area contributed by atoms with Crippen molar-refractivity contribution in [1.29, 1.82) is 0 Å². The van der Waals surface area contributed by atoms with Crippen molar-refractivity contribution in [2.45, 2.75) is 24.9 Å². The van der Waals surface area contributed by atoms with Gasteiger partial charge in [-0.2, -0.15) is 0 Å². The predicted molar refractivity (Wildman–Crippen MR) is 83.4 cm³/mol. The molecule has 3 atom stereocenters. The molecule has 8 nitrogen and oxygen atoms in total. The van der Waals surface area contributed by atoms with Crippen molar-refractivity contribution in [3.05, 3.63) is 41.9 Å². The van der Waals surface area contributed by atoms with E-state index < -0.39 is 24.3 Å². The van der Waals surface area contributed by atoms with E-state index in [2.05, 4.69) is 4.98 Å². The second-order valence-corrected chi connectivity index (χ2v) is 5.55. The molecular weight excluding hydrogens is 316 g/mol. The van der Waals surface area contributed by atoms with Crippen molar-refractivity contribution in [3.63, 3.8) is 0 Å². The van der Waals surface area contributed by atoms with Crippen LogP contribution in [0.25, 0.3) is 11.0 Å². The smallest absolute Gasteiger partial charge is 0.335 e. The molecule has 24 heavy (non-hydrogen) atoms. The molecule has 3 rings (SSSR count). The summed E-state index contributed by atoms with van der Waals surface area (Å²) in [5, 5.41) is 28.2. The highest BCUT2D eigenvalue weighted by atomic mass is 16.5. The predicted octanol–water partition coefficient (Wildman–Crippen LogP) is 0.422. The zero-order chi connectivity index (χ0) is 17.3. The van der Waals surface area contributed by atoms with Gasteiger partial charge in [-0.25, -0.2) is 9.78 Å². The molecule has 1 aromatic carbocycles. The third kappa shape index (κ3) is 2.99. The molecule has 0 amide bonds. The van der Waals surface area contributed by atoms with Gasteiger partial charge in [0.2, 0.25) is 0 Å². The lowest BCUT2D eigenvalue weighted by Crippen LogP contribution is -2.43. The first-order chi connectivity index (χ1) is 11.5. The van der Waals surface area contributed by atoms with Gasteiger partial charge in [-0.05, 0) is 24.3 Å². The minimum absolute atomic E-state index is 0.123. The summed E-state index contributed by atoms with van der Waals surface area (Å²) in [5.41, 5.74) is 1.52. The quantitative estimate of drug-likeness (QED) is 0.726. The summed E-state index contributed by atoms with van der Waals surface area (Å²) in [6.45, 7) is -0.187. The maximum atomic E-state index is 11.0. The van der Waals surface area contributed by atoms with E-state index in [0.717, 1.165) is 5.52 Å². The van der Waals surface area contributed by atoms with Gasteiger partial charge in [0.05, 0.1) is 29.5 Å². The first-order valence-electron chi connectivity index (χ1n) is 7.42. The Labute approximate surface area is 137 Å². The van der Waals surface area contributed by atoms with Gasteiger partial charge >= 0.3 is 5.97 Å². The molecule has 1 aliphatic rings. The van der Waals surface area contributed by atoms with Gasteiger partial charge in [0, 0.05) is 7.05 Å². The first-order valence-corrected chi connectivity index (χ1v) is 7.42. The number of aliphatic hydroxyl groups excluding tert-OH is 2. The van der Waals surface area contributed by atoms with Crippen molar-refractivity contribution >= 4 is 17.0 Å². The lowest BCUT2D eigenvalue weighted by Gasteiger charge is -2.29. The number of aryl methyl sites for hydroxylation is 1. The average molecular weight is 334 g/mol. The average Bonchev–Trinajstić information content (AvgIpc) is 2.89. The first kappa shape index (κ1) is 16.4. The number of fused-ring (bicyclic) bond motifs is 1. The number of ether oxygens (including phenoxy) is 2. The fraction of sp³-hybridized carbons (Fsp3) is 0.375. The summed E-state index contributed by atoms with van der Waals surface area (Å²) >= 11 is 0. The van der Waals surface area contributed by atoms with E-state index in [1.165, 1.54) is 18.4 Å². The number of nitrogens with zero attached hydrogens (tertiary/aromatic N) is 2. The molecule has 8 heteroatoms. The number of carbonyl (C=O) groups is 1. The van der Waals surface area contributed by atoms with Crippen LogP contribution < -0.4 is 0 Å². The highest BCUT2D eigenvalue weighted by Gasteiger charge is 2.30. The third-order valence-electron chi connectivity index (χ3n) is 4.04. The van der Waals surface area contributed by atoms with Gasteiger partial charge in [-0.1, -0.05) is 0 Å². The van der Waals surface area contributed by atoms with E-state index in [1.807, 2.05) is 0 Å². The minimum atomic E-state index is -1.01. The van der Waals surface area contributed by atoms with E-state index in [0.29, 0.717) is 11.3 Å². The number of aromatic nitrogens is 2. The van der Waals surface area contributed by atoms with Crippen LogP contribution in [-0.2, 0) is 23.1 Å². The maximum Gasteiger partial charge on any atom is 0.335 e. The lowest BCUT2D eigenvalue weighted by atomic mass is 10.1. The Hall–Kier alpha value is -2.42. The lowest BCUT2D eigenvalue weighted by molar-refractivity contribution is -0.107. The van der Waals surface area contributed by atoms with Gasteiger partial charge < -0.3 is 29.4 Å². The molecule has 3 N–H and O–H groups in total. The molecule has 2 aromatic rings. The van der Waals surface area contributed by atoms with Crippen molar-refractivity contribution in [1.82, 2.24) is 9.55 Å². The van der Waals surface area contributed by atoms with Crippen LogP contribution in [-0.4, -0.2) is 55.8 Å². The van der Waals surface area contributed by atoms with Crippen LogP contribution in [0.4, 0.5) is 0 Å². The molecule has 1 aromatic heterocycles. The molecule has 0 fully saturated rings. The van der Waals surface area contributed by atoms with Gasteiger partial charge in [-0.15, -0.1) is 0 Å². The maximum absolute atomic E-state index is 11.0. The molecule has 128 valence electrons. The largest absolute Gasteiger partial charge is 0.493 e. The number of aliphatic hydroxyl groups is 2. The topological polar surface area (TPSA) is 114 Å². The number of hydrogen-bond acceptors (Lipinski definition) is 6. The van der Waals surface area contributed by atoms with Gasteiger partial charge in [-0.3, -0.25) is 0 Å². The summed E-state index contributed by atoms with van der Waals surface area (Å²) in [4.78, 5) is 15.4. The number of benzene rings is 1. The minimum Gasteiger partial charge on any atom is -0.493 e. The van der Waals surface area contributed by atoms with Gasteiger partial charge in [0.25, 0.3) is 0 Å². The highest BCUT2D eigenvalue weighted by molar-refractivity contribution is 5.92. The van der Waals surface area contributed by atoms with E-state index in [9.17, 15) is 9.90 Å². The molecule has 0 bridgehead atoms. The Morgan fingerprint density at radius 1 is 1.46 bits per heavy atom. The molecule has 2 heterocycles. The number of carboxylic acid groups (broad SMARTS) is 1. The molecule has 0 spiro atoms. The van der Waals surface area contributed by atoms with Crippen LogP contribution in [0, 0.1) is 0 Å². The fourth-order valence-electron chi connectivity index (χ4n) is 2.62. The van der Waals surface area contributed by atoms with Gasteiger partial charge in [0.15, 0.2) is 0 Å². The van der Waals surface area contributed by atoms with Crippen LogP contribution in [0.2, 0.25) is 0 Å². The Balaban J connectivity index is 1.78. The number of carboxylic acids is 1. The molecule has 0 saturated carbocycles. The van der Waals surface area contributed by atoms with Crippen molar-refractivity contribution in [2.24, 2.45) is 7.05 Å². The Morgan fingerprint density at radius 3 is 2.96 bits per heavy atom. The van der Waals surface area contributed by atoms with E-state index in [1.54, 1.807) is 23.8 Å². The third-order valence-corrected chi connectivity index (χ3v) is 4.04. The number of rotatable bonds is 5. The fourth-order valence-corrected chi connectivity index (χ4v) is 2.62. The molecular formula is C16H18N2O6. The molecule has 0 radical (unpaired) electrons. The molecule has 0 aliphatic carbocycles. The van der Waals surface area contributed by atoms with Crippen LogP contribution in [0.3, 0.4) is 0 Å². The van der Waals surface area contributed by atoms with Crippen LogP contribution in [0.5, 0.6) is 0 Å². The highest BCUT2D eigenvalue weighted by Crippen LogP contribution is 2.20. The number of hydrogen-bond donors (Lipinski definition) is 3. The summed E-state index contributed by atoms with van der Waals surface area (Å²) in [6.07, 6.45) is 0.645. The van der Waals surface area contributed by atoms with Crippen molar-refractivity contribution < 1.29 is 29.6 Å². The standard InChI is InChI=1S/C16H18N2O6/c1-18-11-3-2-9(16(21)22)6-10(11)17-14(18)8-24-12-4-5-23-13(7-19)15(12)20/h2-6,12-13,15,19-20H,7-8H2,1H3,(H,21,22)/t12-,13-,15-/m1/s1. The van der Waals surface area contributed by atoms with Crippen LogP contribution in [0.15, 0.2) is 30.5 Å². The normalized spacial score (nSPS) is 23.4. The van der Waals surface area contributed by atoms with E-state index in [4.69, 9.17) is 19.7 Å². The molecule has 1 aliphatic heterocycles. The monoisotopic (exact) mass is 334 g/mol. The molecule has 0 saturated heterocycles. The Kier molecular flexibility index (Phi) is 4.52. The summed E-state index contributed by atoms with van der Waals surface area (Å²) in [5.74, 6) is -0.411. The number of imidazole rings is 1. The SMILES string of the molecule is Cn1c(CO[C@@H]2C=CO[C@H](CO)[C@@H]2O)nc2cc(C(=O)O)ccc21. The van der Waals surface area contributed by atoms with Crippen LogP contribution >= 0.6 is 0 Å². The zero-order valence-corrected chi connectivity index (χ0v) is 13.0. The van der Waals surface area contributed by atoms with E-state index >= 15 is 0 Å². The van der Waals surface area contributed by atoms with Gasteiger partial charge in [0.1, 0.15) is 30.7 Å². The van der Waals surface area contributed by atoms with Crippen molar-refractivity contribution in [3.8, 4) is 0 Å². The Bertz CT molecular complexity index is 784. The summed E-state index contributed by atoms with van der Waals surface area (Å²) in [6, 6.07) is 4.72. The van der Waals surface area contributed by atoms with Crippen LogP contribution in [0.1, 0.15) is 16.2 Å². The summed E-state index contributed by atoms with van der Waals surface area (Å²) < 4.78 is 12.6. The zero-order valence-electron chi connectivity index (χ0n) is 13.0. The van der Waals surface area contributed by atoms with E-state index in [-0.39, 0.29) is 18.8 Å². The molecule has 0 unspecified atom stereocenters. The summed E-state index contributed by atoms with van der Waals surface area (Å²) in [7, 11) is 1.81.